The Bertz CT molecular complexity index is 586. The van der Waals surface area contributed by atoms with E-state index in [0.29, 0.717) is 16.6 Å². The molecule has 1 aromatic carbocycles. The second kappa shape index (κ2) is 5.56. The highest BCUT2D eigenvalue weighted by molar-refractivity contribution is 7.13. The number of nitro groups is 1. The molecule has 18 heavy (non-hydrogen) atoms. The molecule has 1 heterocycles. The number of anilines is 1. The molecule has 0 atom stereocenters. The van der Waals surface area contributed by atoms with E-state index in [1.807, 2.05) is 0 Å². The van der Waals surface area contributed by atoms with Crippen LogP contribution in [0.1, 0.15) is 5.56 Å². The Morgan fingerprint density at radius 1 is 1.33 bits per heavy atom. The smallest absolute Gasteiger partial charge is 0.324 e. The maximum Gasteiger partial charge on any atom is 0.324 e. The molecule has 0 aliphatic rings. The molecule has 0 saturated carbocycles. The fraction of sp³-hybridized carbons (Fsp3) is 0.0909. The molecule has 0 unspecified atom stereocenters. The number of nitrogens with zero attached hydrogens (tertiary/aromatic N) is 1. The molecule has 1 aromatic heterocycles. The first-order valence-corrected chi connectivity index (χ1v) is 6.60. The first-order chi connectivity index (χ1) is 8.56. The van der Waals surface area contributed by atoms with Gasteiger partial charge in [-0.15, -0.1) is 0 Å². The van der Waals surface area contributed by atoms with Crippen LogP contribution in [0.2, 0.25) is 10.0 Å². The van der Waals surface area contributed by atoms with Crippen molar-refractivity contribution in [1.29, 1.82) is 0 Å². The number of halogens is 2. The van der Waals surface area contributed by atoms with E-state index >= 15 is 0 Å². The molecule has 0 radical (unpaired) electrons. The van der Waals surface area contributed by atoms with Crippen molar-refractivity contribution < 1.29 is 4.92 Å². The van der Waals surface area contributed by atoms with Gasteiger partial charge in [-0.05, 0) is 23.8 Å². The molecule has 4 nitrogen and oxygen atoms in total. The van der Waals surface area contributed by atoms with Gasteiger partial charge in [0.1, 0.15) is 0 Å². The number of hydrogen-bond acceptors (Lipinski definition) is 4. The molecule has 7 heteroatoms. The summed E-state index contributed by atoms with van der Waals surface area (Å²) in [6.07, 6.45) is 0. The Morgan fingerprint density at radius 2 is 2.11 bits per heavy atom. The summed E-state index contributed by atoms with van der Waals surface area (Å²) in [7, 11) is 0. The van der Waals surface area contributed by atoms with E-state index in [9.17, 15) is 10.1 Å². The monoisotopic (exact) mass is 302 g/mol. The molecule has 0 bridgehead atoms. The van der Waals surface area contributed by atoms with Crippen molar-refractivity contribution in [1.82, 2.24) is 0 Å². The van der Waals surface area contributed by atoms with Crippen LogP contribution in [0.4, 0.5) is 10.7 Å². The van der Waals surface area contributed by atoms with Crippen LogP contribution in [-0.2, 0) is 6.54 Å². The lowest BCUT2D eigenvalue weighted by atomic mass is 10.3. The van der Waals surface area contributed by atoms with E-state index in [0.717, 1.165) is 22.6 Å². The summed E-state index contributed by atoms with van der Waals surface area (Å²) < 4.78 is 0. The van der Waals surface area contributed by atoms with Crippen molar-refractivity contribution in [3.05, 3.63) is 55.4 Å². The summed E-state index contributed by atoms with van der Waals surface area (Å²) in [5.74, 6) is 0. The molecule has 0 spiro atoms. The molecule has 0 saturated heterocycles. The zero-order valence-corrected chi connectivity index (χ0v) is 11.4. The Balaban J connectivity index is 2.04. The van der Waals surface area contributed by atoms with E-state index in [-0.39, 0.29) is 5.00 Å². The van der Waals surface area contributed by atoms with Gasteiger partial charge in [0.25, 0.3) is 0 Å². The SMILES string of the molecule is O=[N+]([O-])c1cc(CNc2ccc(Cl)cc2Cl)cs1. The second-order valence-corrected chi connectivity index (χ2v) is 5.26. The van der Waals surface area contributed by atoms with Crippen molar-refractivity contribution in [2.24, 2.45) is 0 Å². The second-order valence-electron chi connectivity index (χ2n) is 3.53. The van der Waals surface area contributed by atoms with E-state index in [1.54, 1.807) is 29.6 Å². The highest BCUT2D eigenvalue weighted by Crippen LogP contribution is 2.27. The van der Waals surface area contributed by atoms with Gasteiger partial charge in [-0.25, -0.2) is 0 Å². The van der Waals surface area contributed by atoms with Gasteiger partial charge in [0.05, 0.1) is 15.6 Å². The molecule has 2 rings (SSSR count). The van der Waals surface area contributed by atoms with Gasteiger partial charge in [-0.3, -0.25) is 10.1 Å². The average Bonchev–Trinajstić information content (AvgIpc) is 2.76. The number of rotatable bonds is 4. The lowest BCUT2D eigenvalue weighted by Crippen LogP contribution is -1.98. The van der Waals surface area contributed by atoms with E-state index in [4.69, 9.17) is 23.2 Å². The maximum atomic E-state index is 10.5. The largest absolute Gasteiger partial charge is 0.380 e. The van der Waals surface area contributed by atoms with Crippen LogP contribution in [0.3, 0.4) is 0 Å². The minimum Gasteiger partial charge on any atom is -0.380 e. The first-order valence-electron chi connectivity index (χ1n) is 4.97. The molecule has 0 amide bonds. The van der Waals surface area contributed by atoms with Crippen LogP contribution < -0.4 is 5.32 Å². The lowest BCUT2D eigenvalue weighted by molar-refractivity contribution is -0.380. The summed E-state index contributed by atoms with van der Waals surface area (Å²) in [4.78, 5) is 10.1. The third kappa shape index (κ3) is 3.13. The standard InChI is InChI=1S/C11H8Cl2N2O2S/c12-8-1-2-10(9(13)4-8)14-5-7-3-11(15(16)17)18-6-7/h1-4,6,14H,5H2. The summed E-state index contributed by atoms with van der Waals surface area (Å²) in [6, 6.07) is 6.68. The van der Waals surface area contributed by atoms with Crippen LogP contribution in [0.15, 0.2) is 29.6 Å². The Morgan fingerprint density at radius 3 is 2.72 bits per heavy atom. The van der Waals surface area contributed by atoms with Gasteiger partial charge in [0.2, 0.25) is 0 Å². The highest BCUT2D eigenvalue weighted by Gasteiger charge is 2.09. The zero-order valence-electron chi connectivity index (χ0n) is 9.02. The van der Waals surface area contributed by atoms with Gasteiger partial charge in [-0.1, -0.05) is 34.5 Å². The molecule has 0 fully saturated rings. The summed E-state index contributed by atoms with van der Waals surface area (Å²) in [5, 5.41) is 16.6. The minimum atomic E-state index is -0.399. The zero-order chi connectivity index (χ0) is 13.1. The number of hydrogen-bond donors (Lipinski definition) is 1. The average molecular weight is 303 g/mol. The molecular weight excluding hydrogens is 295 g/mol. The van der Waals surface area contributed by atoms with Crippen LogP contribution in [0, 0.1) is 10.1 Å². The van der Waals surface area contributed by atoms with Crippen LogP contribution in [0.25, 0.3) is 0 Å². The summed E-state index contributed by atoms with van der Waals surface area (Å²) in [5.41, 5.74) is 1.59. The number of nitrogens with one attached hydrogen (secondary N) is 1. The normalized spacial score (nSPS) is 10.3. The quantitative estimate of drug-likeness (QED) is 0.664. The Labute approximate surface area is 117 Å². The molecule has 1 N–H and O–H groups in total. The molecule has 2 aromatic rings. The summed E-state index contributed by atoms with van der Waals surface area (Å²) >= 11 is 12.9. The highest BCUT2D eigenvalue weighted by atomic mass is 35.5. The fourth-order valence-corrected chi connectivity index (χ4v) is 2.59. The number of thiophene rings is 1. The van der Waals surface area contributed by atoms with Crippen molar-refractivity contribution in [2.75, 3.05) is 5.32 Å². The third-order valence-corrected chi connectivity index (χ3v) is 3.71. The van der Waals surface area contributed by atoms with Crippen molar-refractivity contribution in [2.45, 2.75) is 6.54 Å². The van der Waals surface area contributed by atoms with Gasteiger partial charge < -0.3 is 5.32 Å². The fourth-order valence-electron chi connectivity index (χ4n) is 1.38. The lowest BCUT2D eigenvalue weighted by Gasteiger charge is -2.07. The first kappa shape index (κ1) is 13.1. The van der Waals surface area contributed by atoms with Crippen molar-refractivity contribution in [3.63, 3.8) is 0 Å². The predicted molar refractivity (Wildman–Crippen MR) is 74.8 cm³/mol. The van der Waals surface area contributed by atoms with E-state index < -0.39 is 4.92 Å². The van der Waals surface area contributed by atoms with Crippen LogP contribution in [0.5, 0.6) is 0 Å². The number of benzene rings is 1. The Hall–Kier alpha value is -1.30. The molecule has 0 aliphatic carbocycles. The topological polar surface area (TPSA) is 55.2 Å². The van der Waals surface area contributed by atoms with Crippen molar-refractivity contribution >= 4 is 45.2 Å². The van der Waals surface area contributed by atoms with Crippen molar-refractivity contribution in [3.8, 4) is 0 Å². The molecular formula is C11H8Cl2N2O2S. The minimum absolute atomic E-state index is 0.133. The van der Waals surface area contributed by atoms with Crippen LogP contribution >= 0.6 is 34.5 Å². The Kier molecular flexibility index (Phi) is 4.06. The van der Waals surface area contributed by atoms with E-state index in [2.05, 4.69) is 5.32 Å². The van der Waals surface area contributed by atoms with Gasteiger partial charge in [-0.2, -0.15) is 0 Å². The maximum absolute atomic E-state index is 10.5. The molecule has 0 aliphatic heterocycles. The van der Waals surface area contributed by atoms with Gasteiger partial charge in [0.15, 0.2) is 0 Å². The van der Waals surface area contributed by atoms with Crippen LogP contribution in [-0.4, -0.2) is 4.92 Å². The third-order valence-electron chi connectivity index (χ3n) is 2.23. The van der Waals surface area contributed by atoms with E-state index in [1.165, 1.54) is 0 Å². The molecule has 94 valence electrons. The van der Waals surface area contributed by atoms with Gasteiger partial charge >= 0.3 is 5.00 Å². The van der Waals surface area contributed by atoms with Gasteiger partial charge in [0, 0.05) is 23.0 Å². The predicted octanol–water partition coefficient (Wildman–Crippen LogP) is 4.58. The summed E-state index contributed by atoms with van der Waals surface area (Å²) in [6.45, 7) is 0.478.